The van der Waals surface area contributed by atoms with Crippen LogP contribution in [-0.4, -0.2) is 25.5 Å². The van der Waals surface area contributed by atoms with Crippen LogP contribution in [0.2, 0.25) is 0 Å². The Balaban J connectivity index is 3.78. The Hall–Kier alpha value is -1.06. The highest BCUT2D eigenvalue weighted by Gasteiger charge is 2.19. The van der Waals surface area contributed by atoms with Crippen LogP contribution in [0.25, 0.3) is 0 Å². The van der Waals surface area contributed by atoms with Crippen LogP contribution in [0.5, 0.6) is 0 Å². The molecule has 0 aliphatic heterocycles. The van der Waals surface area contributed by atoms with E-state index in [4.69, 9.17) is 4.74 Å². The van der Waals surface area contributed by atoms with Gasteiger partial charge >= 0.3 is 6.09 Å². The molecular formula is C13H25NO3. The van der Waals surface area contributed by atoms with Crippen LogP contribution in [-0.2, 0) is 9.53 Å². The number of aldehydes is 1. The summed E-state index contributed by atoms with van der Waals surface area (Å²) >= 11 is 0. The van der Waals surface area contributed by atoms with E-state index in [2.05, 4.69) is 33.0 Å². The van der Waals surface area contributed by atoms with Gasteiger partial charge in [0.1, 0.15) is 6.29 Å². The maximum Gasteiger partial charge on any atom is 0.407 e. The molecule has 3 unspecified atom stereocenters. The molecule has 4 heteroatoms. The molecule has 0 spiro atoms. The van der Waals surface area contributed by atoms with E-state index in [9.17, 15) is 9.59 Å². The van der Waals surface area contributed by atoms with Gasteiger partial charge in [-0.05, 0) is 17.8 Å². The molecule has 0 fully saturated rings. The van der Waals surface area contributed by atoms with E-state index in [0.29, 0.717) is 37.3 Å². The number of ether oxygens (including phenoxy) is 1. The van der Waals surface area contributed by atoms with Crippen molar-refractivity contribution < 1.29 is 14.3 Å². The Kier molecular flexibility index (Phi) is 8.46. The summed E-state index contributed by atoms with van der Waals surface area (Å²) in [6.45, 7) is 9.43. The third kappa shape index (κ3) is 6.97. The Morgan fingerprint density at radius 2 is 1.94 bits per heavy atom. The summed E-state index contributed by atoms with van der Waals surface area (Å²) in [5.74, 6) is 1.51. The van der Waals surface area contributed by atoms with Crippen LogP contribution in [0, 0.1) is 17.8 Å². The van der Waals surface area contributed by atoms with Crippen LogP contribution >= 0.6 is 0 Å². The smallest absolute Gasteiger partial charge is 0.407 e. The van der Waals surface area contributed by atoms with Crippen LogP contribution in [0.3, 0.4) is 0 Å². The lowest BCUT2D eigenvalue weighted by atomic mass is 9.84. The maximum absolute atomic E-state index is 11.2. The van der Waals surface area contributed by atoms with Gasteiger partial charge in [-0.2, -0.15) is 0 Å². The van der Waals surface area contributed by atoms with Crippen LogP contribution in [0.4, 0.5) is 4.79 Å². The first kappa shape index (κ1) is 15.9. The van der Waals surface area contributed by atoms with E-state index in [1.807, 2.05) is 0 Å². The van der Waals surface area contributed by atoms with Gasteiger partial charge in [0.15, 0.2) is 0 Å². The van der Waals surface area contributed by atoms with Gasteiger partial charge in [0, 0.05) is 13.0 Å². The fraction of sp³-hybridized carbons (Fsp3) is 0.846. The second-order valence-electron chi connectivity index (χ2n) is 4.70. The molecule has 0 rings (SSSR count). The van der Waals surface area contributed by atoms with Crippen molar-refractivity contribution in [2.24, 2.45) is 17.8 Å². The van der Waals surface area contributed by atoms with Crippen molar-refractivity contribution in [3.05, 3.63) is 0 Å². The molecule has 0 heterocycles. The molecule has 1 amide bonds. The summed E-state index contributed by atoms with van der Waals surface area (Å²) in [5, 5.41) is 2.53. The summed E-state index contributed by atoms with van der Waals surface area (Å²) in [7, 11) is 0. The number of hydrogen-bond donors (Lipinski definition) is 1. The first-order chi connectivity index (χ1) is 8.02. The van der Waals surface area contributed by atoms with Gasteiger partial charge in [-0.15, -0.1) is 0 Å². The molecule has 17 heavy (non-hydrogen) atoms. The van der Waals surface area contributed by atoms with Gasteiger partial charge in [-0.25, -0.2) is 4.79 Å². The molecule has 0 saturated carbocycles. The zero-order valence-electron chi connectivity index (χ0n) is 11.4. The number of carbonyl (C=O) groups is 2. The Bertz CT molecular complexity index is 231. The molecular weight excluding hydrogens is 218 g/mol. The predicted octanol–water partition coefficient (Wildman–Crippen LogP) is 2.62. The van der Waals surface area contributed by atoms with Gasteiger partial charge in [-0.3, -0.25) is 0 Å². The molecule has 0 saturated heterocycles. The molecule has 0 aliphatic rings. The first-order valence-corrected chi connectivity index (χ1v) is 6.37. The largest absolute Gasteiger partial charge is 0.449 e. The van der Waals surface area contributed by atoms with Gasteiger partial charge in [-0.1, -0.05) is 34.1 Å². The molecule has 1 N–H and O–H groups in total. The van der Waals surface area contributed by atoms with Gasteiger partial charge in [0.05, 0.1) is 6.61 Å². The van der Waals surface area contributed by atoms with Crippen molar-refractivity contribution in [2.75, 3.05) is 13.2 Å². The topological polar surface area (TPSA) is 55.4 Å². The fourth-order valence-electron chi connectivity index (χ4n) is 1.58. The Morgan fingerprint density at radius 1 is 1.29 bits per heavy atom. The summed E-state index contributed by atoms with van der Waals surface area (Å²) in [5.41, 5.74) is 0. The second kappa shape index (κ2) is 9.02. The van der Waals surface area contributed by atoms with Crippen molar-refractivity contribution in [1.82, 2.24) is 5.32 Å². The highest BCUT2D eigenvalue weighted by atomic mass is 16.5. The molecule has 3 atom stereocenters. The zero-order valence-corrected chi connectivity index (χ0v) is 11.4. The lowest BCUT2D eigenvalue weighted by Gasteiger charge is -2.24. The van der Waals surface area contributed by atoms with Crippen LogP contribution in [0.15, 0.2) is 0 Å². The predicted molar refractivity (Wildman–Crippen MR) is 67.8 cm³/mol. The lowest BCUT2D eigenvalue weighted by Crippen LogP contribution is -2.29. The molecule has 0 aromatic carbocycles. The average molecular weight is 243 g/mol. The third-order valence-corrected chi connectivity index (χ3v) is 3.45. The molecule has 4 nitrogen and oxygen atoms in total. The van der Waals surface area contributed by atoms with Gasteiger partial charge in [0.25, 0.3) is 0 Å². The van der Waals surface area contributed by atoms with Gasteiger partial charge in [0.2, 0.25) is 0 Å². The summed E-state index contributed by atoms with van der Waals surface area (Å²) in [6.07, 6.45) is 1.80. The number of nitrogens with one attached hydrogen (secondary N) is 1. The van der Waals surface area contributed by atoms with E-state index in [-0.39, 0.29) is 0 Å². The fourth-order valence-corrected chi connectivity index (χ4v) is 1.58. The average Bonchev–Trinajstić information content (AvgIpc) is 2.34. The van der Waals surface area contributed by atoms with Gasteiger partial charge < -0.3 is 14.8 Å². The summed E-state index contributed by atoms with van der Waals surface area (Å²) in [4.78, 5) is 21.3. The number of hydrogen-bond acceptors (Lipinski definition) is 3. The number of rotatable bonds is 8. The molecule has 0 aliphatic carbocycles. The molecule has 0 aromatic heterocycles. The number of carbonyl (C=O) groups excluding carboxylic acids is 2. The molecule has 0 bridgehead atoms. The number of alkyl carbamates (subject to hydrolysis) is 1. The van der Waals surface area contributed by atoms with Crippen molar-refractivity contribution in [2.45, 2.75) is 40.5 Å². The molecule has 0 aromatic rings. The lowest BCUT2D eigenvalue weighted by molar-refractivity contribution is -0.107. The van der Waals surface area contributed by atoms with E-state index in [0.717, 1.165) is 12.7 Å². The minimum absolute atomic E-state index is 0.327. The van der Waals surface area contributed by atoms with E-state index in [1.54, 1.807) is 0 Å². The highest BCUT2D eigenvalue weighted by Crippen LogP contribution is 2.23. The number of amides is 1. The minimum Gasteiger partial charge on any atom is -0.449 e. The van der Waals surface area contributed by atoms with Crippen molar-refractivity contribution in [1.29, 1.82) is 0 Å². The first-order valence-electron chi connectivity index (χ1n) is 6.37. The maximum atomic E-state index is 11.2. The normalized spacial score (nSPS) is 15.8. The third-order valence-electron chi connectivity index (χ3n) is 3.45. The van der Waals surface area contributed by atoms with Crippen molar-refractivity contribution in [3.8, 4) is 0 Å². The second-order valence-corrected chi connectivity index (χ2v) is 4.70. The quantitative estimate of drug-likeness (QED) is 0.526. The monoisotopic (exact) mass is 243 g/mol. The van der Waals surface area contributed by atoms with Crippen molar-refractivity contribution >= 4 is 12.4 Å². The van der Waals surface area contributed by atoms with Crippen molar-refractivity contribution in [3.63, 3.8) is 0 Å². The standard InChI is InChI=1S/C13H25NO3/c1-5-10(2)12(4)11(3)9-17-13(16)14-7-6-8-15/h8,10-12H,5-7,9H2,1-4H3,(H,14,16). The summed E-state index contributed by atoms with van der Waals surface area (Å²) < 4.78 is 5.10. The van der Waals surface area contributed by atoms with Crippen LogP contribution in [0.1, 0.15) is 40.5 Å². The zero-order chi connectivity index (χ0) is 13.3. The molecule has 100 valence electrons. The van der Waals surface area contributed by atoms with E-state index in [1.165, 1.54) is 0 Å². The Labute approximate surface area is 104 Å². The van der Waals surface area contributed by atoms with E-state index >= 15 is 0 Å². The highest BCUT2D eigenvalue weighted by molar-refractivity contribution is 5.67. The molecule has 0 radical (unpaired) electrons. The SMILES string of the molecule is CCC(C)C(C)C(C)COC(=O)NCCC=O. The Morgan fingerprint density at radius 3 is 2.47 bits per heavy atom. The minimum atomic E-state index is -0.435. The summed E-state index contributed by atoms with van der Waals surface area (Å²) in [6, 6.07) is 0. The van der Waals surface area contributed by atoms with E-state index < -0.39 is 6.09 Å². The van der Waals surface area contributed by atoms with Crippen LogP contribution < -0.4 is 5.32 Å².